The van der Waals surface area contributed by atoms with Gasteiger partial charge in [0.25, 0.3) is 17.6 Å². The van der Waals surface area contributed by atoms with Crippen molar-refractivity contribution < 1.29 is 19.2 Å². The maximum Gasteiger partial charge on any atom is 0.295 e. The first-order valence-electron chi connectivity index (χ1n) is 11.1. The van der Waals surface area contributed by atoms with Crippen molar-refractivity contribution in [1.29, 1.82) is 0 Å². The summed E-state index contributed by atoms with van der Waals surface area (Å²) in [6, 6.07) is 14.2. The highest BCUT2D eigenvalue weighted by Crippen LogP contribution is 2.26. The quantitative estimate of drug-likeness (QED) is 0.430. The number of hydrogen-bond acceptors (Lipinski definition) is 5. The van der Waals surface area contributed by atoms with Gasteiger partial charge in [0, 0.05) is 43.3 Å². The first kappa shape index (κ1) is 23.2. The predicted octanol–water partition coefficient (Wildman–Crippen LogP) is 1.84. The van der Waals surface area contributed by atoms with E-state index in [1.54, 1.807) is 54.2 Å². The number of rotatable bonds is 6. The summed E-state index contributed by atoms with van der Waals surface area (Å²) in [5.74, 6) is -1.49. The number of Topliss-reactive ketones (excluding diaryl/α,β-unsaturated/α-hetero) is 1. The van der Waals surface area contributed by atoms with Crippen LogP contribution < -0.4 is 5.32 Å². The van der Waals surface area contributed by atoms with E-state index < -0.39 is 11.7 Å². The lowest BCUT2D eigenvalue weighted by Gasteiger charge is -2.34. The summed E-state index contributed by atoms with van der Waals surface area (Å²) >= 11 is 0. The predicted molar refractivity (Wildman–Crippen MR) is 129 cm³/mol. The molecule has 0 unspecified atom stereocenters. The monoisotopic (exact) mass is 461 g/mol. The third kappa shape index (κ3) is 4.84. The Hall–Kier alpha value is -3.98. The summed E-state index contributed by atoms with van der Waals surface area (Å²) in [6.45, 7) is 1.53. The Morgan fingerprint density at radius 3 is 2.26 bits per heavy atom. The van der Waals surface area contributed by atoms with Crippen molar-refractivity contribution in [2.75, 3.05) is 52.1 Å². The summed E-state index contributed by atoms with van der Waals surface area (Å²) in [7, 11) is 3.60. The first-order chi connectivity index (χ1) is 16.3. The fraction of sp³-hybridized carbons (Fsp3) is 0.280. The molecule has 1 fully saturated rings. The number of likely N-dealkylation sites (N-methyl/N-ethyl adjacent to an activating group) is 1. The van der Waals surface area contributed by atoms with Crippen LogP contribution in [-0.4, -0.2) is 90.0 Å². The maximum atomic E-state index is 13.0. The molecule has 0 bridgehead atoms. The first-order valence-corrected chi connectivity index (χ1v) is 11.1. The molecule has 3 amide bonds. The van der Waals surface area contributed by atoms with Gasteiger partial charge in [-0.3, -0.25) is 19.2 Å². The Balaban J connectivity index is 1.44. The Bertz CT molecular complexity index is 1230. The normalized spacial score (nSPS) is 13.9. The van der Waals surface area contributed by atoms with E-state index in [0.717, 1.165) is 0 Å². The molecule has 34 heavy (non-hydrogen) atoms. The summed E-state index contributed by atoms with van der Waals surface area (Å²) in [5, 5.41) is 3.40. The van der Waals surface area contributed by atoms with E-state index >= 15 is 0 Å². The molecule has 0 saturated carbocycles. The molecule has 3 aromatic rings. The molecular weight excluding hydrogens is 434 g/mol. The van der Waals surface area contributed by atoms with Gasteiger partial charge in [-0.1, -0.05) is 30.3 Å². The van der Waals surface area contributed by atoms with Crippen LogP contribution >= 0.6 is 0 Å². The molecule has 0 atom stereocenters. The molecule has 0 spiro atoms. The average molecular weight is 462 g/mol. The number of aromatic nitrogens is 1. The molecule has 9 nitrogen and oxygen atoms in total. The molecule has 1 aliphatic rings. The van der Waals surface area contributed by atoms with Gasteiger partial charge >= 0.3 is 0 Å². The second-order valence-electron chi connectivity index (χ2n) is 8.50. The van der Waals surface area contributed by atoms with Gasteiger partial charge in [-0.05, 0) is 32.3 Å². The molecule has 2 heterocycles. The molecular formula is C25H27N5O4. The Kier molecular flexibility index (Phi) is 6.74. The minimum atomic E-state index is -0.620. The zero-order valence-electron chi connectivity index (χ0n) is 19.2. The highest BCUT2D eigenvalue weighted by Gasteiger charge is 2.30. The number of ketones is 1. The number of aromatic amines is 1. The van der Waals surface area contributed by atoms with Gasteiger partial charge in [0.15, 0.2) is 0 Å². The van der Waals surface area contributed by atoms with Crippen molar-refractivity contribution in [3.63, 3.8) is 0 Å². The third-order valence-electron chi connectivity index (χ3n) is 5.76. The minimum Gasteiger partial charge on any atom is -0.359 e. The van der Waals surface area contributed by atoms with E-state index in [9.17, 15) is 19.2 Å². The zero-order chi connectivity index (χ0) is 24.2. The van der Waals surface area contributed by atoms with E-state index in [1.807, 2.05) is 18.2 Å². The lowest BCUT2D eigenvalue weighted by atomic mass is 10.1. The number of anilines is 1. The van der Waals surface area contributed by atoms with Crippen LogP contribution in [0.2, 0.25) is 0 Å². The van der Waals surface area contributed by atoms with Crippen LogP contribution in [0, 0.1) is 0 Å². The maximum absolute atomic E-state index is 13.0. The number of amides is 3. The van der Waals surface area contributed by atoms with E-state index in [1.165, 1.54) is 11.1 Å². The molecule has 1 aromatic heterocycles. The van der Waals surface area contributed by atoms with Crippen molar-refractivity contribution in [2.24, 2.45) is 0 Å². The van der Waals surface area contributed by atoms with Gasteiger partial charge in [0.2, 0.25) is 5.91 Å². The number of hydrogen-bond donors (Lipinski definition) is 2. The number of benzene rings is 2. The van der Waals surface area contributed by atoms with Crippen molar-refractivity contribution in [3.05, 3.63) is 65.9 Å². The van der Waals surface area contributed by atoms with Crippen LogP contribution in [0.5, 0.6) is 0 Å². The number of fused-ring (bicyclic) bond motifs is 1. The number of para-hydroxylation sites is 1. The van der Waals surface area contributed by atoms with Crippen LogP contribution in [-0.2, 0) is 9.59 Å². The van der Waals surface area contributed by atoms with Crippen LogP contribution in [0.25, 0.3) is 10.9 Å². The minimum absolute atomic E-state index is 0.0838. The lowest BCUT2D eigenvalue weighted by Crippen LogP contribution is -2.52. The molecule has 4 rings (SSSR count). The second kappa shape index (κ2) is 9.88. The van der Waals surface area contributed by atoms with Gasteiger partial charge in [-0.2, -0.15) is 0 Å². The van der Waals surface area contributed by atoms with Gasteiger partial charge in [-0.15, -0.1) is 0 Å². The molecule has 0 radical (unpaired) electrons. The Labute approximate surface area is 197 Å². The molecule has 2 aromatic carbocycles. The van der Waals surface area contributed by atoms with Crippen LogP contribution in [0.15, 0.2) is 54.7 Å². The van der Waals surface area contributed by atoms with Gasteiger partial charge in [0.1, 0.15) is 0 Å². The number of carbonyl (C=O) groups is 4. The van der Waals surface area contributed by atoms with Crippen LogP contribution in [0.1, 0.15) is 20.7 Å². The molecule has 0 aliphatic carbocycles. The lowest BCUT2D eigenvalue weighted by molar-refractivity contribution is -0.127. The molecule has 1 saturated heterocycles. The van der Waals surface area contributed by atoms with Crippen LogP contribution in [0.4, 0.5) is 5.69 Å². The zero-order valence-corrected chi connectivity index (χ0v) is 19.2. The van der Waals surface area contributed by atoms with E-state index in [4.69, 9.17) is 0 Å². The van der Waals surface area contributed by atoms with Crippen molar-refractivity contribution in [1.82, 2.24) is 19.7 Å². The van der Waals surface area contributed by atoms with Crippen molar-refractivity contribution >= 4 is 40.1 Å². The van der Waals surface area contributed by atoms with Gasteiger partial charge < -0.3 is 25.0 Å². The van der Waals surface area contributed by atoms with Gasteiger partial charge in [0.05, 0.1) is 23.3 Å². The van der Waals surface area contributed by atoms with E-state index in [-0.39, 0.29) is 37.0 Å². The number of nitrogens with zero attached hydrogens (tertiary/aromatic N) is 3. The molecule has 9 heteroatoms. The van der Waals surface area contributed by atoms with Crippen molar-refractivity contribution in [3.8, 4) is 0 Å². The van der Waals surface area contributed by atoms with Gasteiger partial charge in [-0.25, -0.2) is 0 Å². The number of H-pyrrole nitrogens is 1. The Morgan fingerprint density at radius 2 is 1.59 bits per heavy atom. The van der Waals surface area contributed by atoms with E-state index in [2.05, 4.69) is 10.3 Å². The highest BCUT2D eigenvalue weighted by atomic mass is 16.2. The second-order valence-corrected chi connectivity index (χ2v) is 8.50. The third-order valence-corrected chi connectivity index (χ3v) is 5.76. The molecule has 2 N–H and O–H groups in total. The topological polar surface area (TPSA) is 106 Å². The molecule has 176 valence electrons. The molecule has 1 aliphatic heterocycles. The summed E-state index contributed by atoms with van der Waals surface area (Å²) in [4.78, 5) is 58.8. The number of carbonyl (C=O) groups excluding carboxylic acids is 4. The smallest absolute Gasteiger partial charge is 0.295 e. The summed E-state index contributed by atoms with van der Waals surface area (Å²) in [5.41, 5.74) is 1.99. The van der Waals surface area contributed by atoms with Crippen molar-refractivity contribution in [2.45, 2.75) is 0 Å². The Morgan fingerprint density at radius 1 is 0.912 bits per heavy atom. The summed E-state index contributed by atoms with van der Waals surface area (Å²) in [6.07, 6.45) is 1.50. The number of piperazine rings is 1. The largest absolute Gasteiger partial charge is 0.359 e. The summed E-state index contributed by atoms with van der Waals surface area (Å²) < 4.78 is 0. The highest BCUT2D eigenvalue weighted by molar-refractivity contribution is 6.45. The fourth-order valence-corrected chi connectivity index (χ4v) is 4.06. The SMILES string of the molecule is CN(C)CC(=O)Nc1cccc2c(C(=O)C(=O)N3CCN(C(=O)c4ccccc4)CC3)c[nH]c12. The van der Waals surface area contributed by atoms with E-state index in [0.29, 0.717) is 35.2 Å². The van der Waals surface area contributed by atoms with Crippen LogP contribution in [0.3, 0.4) is 0 Å². The average Bonchev–Trinajstić information content (AvgIpc) is 3.28. The standard InChI is InChI=1S/C25H27N5O4/c1-28(2)16-21(31)27-20-10-6-9-18-19(15-26-22(18)20)23(32)25(34)30-13-11-29(12-14-30)24(33)17-7-4-3-5-8-17/h3-10,15,26H,11-14,16H2,1-2H3,(H,27,31). The number of nitrogens with one attached hydrogen (secondary N) is 2. The fourth-order valence-electron chi connectivity index (χ4n) is 4.06.